The van der Waals surface area contributed by atoms with Gasteiger partial charge < -0.3 is 5.32 Å². The van der Waals surface area contributed by atoms with Crippen molar-refractivity contribution in [2.75, 3.05) is 13.1 Å². The van der Waals surface area contributed by atoms with Crippen LogP contribution in [0.4, 0.5) is 0 Å². The molecule has 56 valence electrons. The molecule has 0 saturated heterocycles. The number of hydrogen-bond donors (Lipinski definition) is 1. The molecule has 1 fully saturated rings. The number of nitrogens with one attached hydrogen (secondary N) is 1. The zero-order chi connectivity index (χ0) is 6.74. The molecule has 0 radical (unpaired) electrons. The summed E-state index contributed by atoms with van der Waals surface area (Å²) in [5.74, 6) is 0. The molecule has 1 heteroatoms. The highest BCUT2D eigenvalue weighted by molar-refractivity contribution is 4.89. The van der Waals surface area contributed by atoms with E-state index in [4.69, 9.17) is 0 Å². The molecule has 0 aliphatic heterocycles. The van der Waals surface area contributed by atoms with Gasteiger partial charge in [-0.3, -0.25) is 0 Å². The Hall–Kier alpha value is -0.0400. The van der Waals surface area contributed by atoms with Gasteiger partial charge in [0, 0.05) is 7.97 Å². The van der Waals surface area contributed by atoms with Gasteiger partial charge in [-0.1, -0.05) is 13.8 Å². The summed E-state index contributed by atoms with van der Waals surface area (Å²) in [4.78, 5) is 0. The van der Waals surface area contributed by atoms with Crippen LogP contribution in [-0.4, -0.2) is 13.1 Å². The Bertz CT molecular complexity index is 89.3. The van der Waals surface area contributed by atoms with Gasteiger partial charge in [0.2, 0.25) is 0 Å². The summed E-state index contributed by atoms with van der Waals surface area (Å²) in [7, 11) is 0. The molecular weight excluding hydrogens is 110 g/mol. The van der Waals surface area contributed by atoms with E-state index in [2.05, 4.69) is 19.2 Å². The molecule has 9 heavy (non-hydrogen) atoms. The molecule has 0 amide bonds. The zero-order valence-corrected chi connectivity index (χ0v) is 6.54. The predicted molar refractivity (Wildman–Crippen MR) is 42.6 cm³/mol. The van der Waals surface area contributed by atoms with Gasteiger partial charge in [-0.15, -0.1) is 0 Å². The van der Waals surface area contributed by atoms with E-state index in [1.807, 2.05) is 0 Å². The summed E-state index contributed by atoms with van der Waals surface area (Å²) in [5.41, 5.74) is 0.690. The first kappa shape index (κ1) is 7.07. The van der Waals surface area contributed by atoms with Gasteiger partial charge in [0.05, 0.1) is 0 Å². The Morgan fingerprint density at radius 1 is 1.56 bits per heavy atom. The van der Waals surface area contributed by atoms with E-state index in [0.29, 0.717) is 5.41 Å². The normalized spacial score (nSPS) is 22.0. The standard InChI is InChI=1S/C8H17N.H2/c1-3-6-9-7-8(2)4-5-8;/h9H,3-7H2,1-2H3;1H. The smallest absolute Gasteiger partial charge is 0.000516 e. The van der Waals surface area contributed by atoms with Crippen LogP contribution >= 0.6 is 0 Å². The summed E-state index contributed by atoms with van der Waals surface area (Å²) in [6.45, 7) is 6.99. The fourth-order valence-electron chi connectivity index (χ4n) is 0.957. The lowest BCUT2D eigenvalue weighted by Gasteiger charge is -2.07. The van der Waals surface area contributed by atoms with Gasteiger partial charge in [-0.05, 0) is 31.2 Å². The molecule has 1 aliphatic rings. The molecule has 0 aromatic rings. The van der Waals surface area contributed by atoms with Crippen molar-refractivity contribution in [1.29, 1.82) is 0 Å². The minimum Gasteiger partial charge on any atom is -0.316 e. The largest absolute Gasteiger partial charge is 0.316 e. The van der Waals surface area contributed by atoms with Crippen LogP contribution in [0.1, 0.15) is 34.5 Å². The van der Waals surface area contributed by atoms with E-state index in [1.165, 1.54) is 32.4 Å². The average Bonchev–Trinajstić information content (AvgIpc) is 2.50. The van der Waals surface area contributed by atoms with Crippen LogP contribution in [0, 0.1) is 5.41 Å². The van der Waals surface area contributed by atoms with E-state index in [1.54, 1.807) is 0 Å². The maximum absolute atomic E-state index is 3.44. The Balaban J connectivity index is 0.000000810. The first-order valence-electron chi connectivity index (χ1n) is 3.97. The second-order valence-electron chi connectivity index (χ2n) is 3.49. The Morgan fingerprint density at radius 3 is 2.67 bits per heavy atom. The lowest BCUT2D eigenvalue weighted by molar-refractivity contribution is 0.499. The summed E-state index contributed by atoms with van der Waals surface area (Å²) in [6.07, 6.45) is 4.13. The van der Waals surface area contributed by atoms with Crippen molar-refractivity contribution in [3.63, 3.8) is 0 Å². The van der Waals surface area contributed by atoms with Gasteiger partial charge in [-0.2, -0.15) is 0 Å². The minimum absolute atomic E-state index is 0. The first-order chi connectivity index (χ1) is 4.27. The van der Waals surface area contributed by atoms with Crippen LogP contribution in [0.3, 0.4) is 0 Å². The Labute approximate surface area is 59.3 Å². The van der Waals surface area contributed by atoms with Crippen molar-refractivity contribution < 1.29 is 1.43 Å². The summed E-state index contributed by atoms with van der Waals surface area (Å²) in [6, 6.07) is 0. The van der Waals surface area contributed by atoms with Crippen molar-refractivity contribution in [3.8, 4) is 0 Å². The molecule has 0 heterocycles. The molecule has 0 aromatic carbocycles. The highest BCUT2D eigenvalue weighted by Gasteiger charge is 2.36. The van der Waals surface area contributed by atoms with E-state index in [0.717, 1.165) is 0 Å². The summed E-state index contributed by atoms with van der Waals surface area (Å²) < 4.78 is 0. The van der Waals surface area contributed by atoms with Crippen LogP contribution < -0.4 is 5.32 Å². The SMILES string of the molecule is CCCNCC1(C)CC1.[HH]. The van der Waals surface area contributed by atoms with Gasteiger partial charge in [-0.25, -0.2) is 0 Å². The zero-order valence-electron chi connectivity index (χ0n) is 6.54. The van der Waals surface area contributed by atoms with Crippen LogP contribution in [-0.2, 0) is 0 Å². The lowest BCUT2D eigenvalue weighted by Crippen LogP contribution is -2.22. The van der Waals surface area contributed by atoms with Crippen LogP contribution in [0.15, 0.2) is 0 Å². The molecule has 0 unspecified atom stereocenters. The van der Waals surface area contributed by atoms with Gasteiger partial charge in [0.15, 0.2) is 0 Å². The third-order valence-electron chi connectivity index (χ3n) is 2.08. The third-order valence-corrected chi connectivity index (χ3v) is 2.08. The topological polar surface area (TPSA) is 12.0 Å². The molecule has 0 bridgehead atoms. The maximum Gasteiger partial charge on any atom is 0.000516 e. The highest BCUT2D eigenvalue weighted by Crippen LogP contribution is 2.43. The molecule has 1 N–H and O–H groups in total. The molecule has 0 atom stereocenters. The molecule has 0 spiro atoms. The van der Waals surface area contributed by atoms with E-state index < -0.39 is 0 Å². The van der Waals surface area contributed by atoms with Crippen molar-refractivity contribution in [3.05, 3.63) is 0 Å². The summed E-state index contributed by atoms with van der Waals surface area (Å²) >= 11 is 0. The fourth-order valence-corrected chi connectivity index (χ4v) is 0.957. The Morgan fingerprint density at radius 2 is 2.22 bits per heavy atom. The van der Waals surface area contributed by atoms with Crippen LogP contribution in [0.2, 0.25) is 0 Å². The number of rotatable bonds is 4. The molecular formula is C8H19N. The minimum atomic E-state index is 0. The molecule has 1 nitrogen and oxygen atoms in total. The van der Waals surface area contributed by atoms with Gasteiger partial charge in [0.25, 0.3) is 0 Å². The summed E-state index contributed by atoms with van der Waals surface area (Å²) in [5, 5.41) is 3.44. The molecule has 0 aromatic heterocycles. The predicted octanol–water partition coefficient (Wildman–Crippen LogP) is 2.03. The quantitative estimate of drug-likeness (QED) is 0.573. The van der Waals surface area contributed by atoms with Crippen molar-refractivity contribution in [1.82, 2.24) is 5.32 Å². The monoisotopic (exact) mass is 129 g/mol. The van der Waals surface area contributed by atoms with E-state index in [-0.39, 0.29) is 1.43 Å². The molecule has 1 saturated carbocycles. The van der Waals surface area contributed by atoms with Gasteiger partial charge in [0.1, 0.15) is 0 Å². The third kappa shape index (κ3) is 2.35. The van der Waals surface area contributed by atoms with E-state index >= 15 is 0 Å². The lowest BCUT2D eigenvalue weighted by atomic mass is 10.1. The molecule has 1 aliphatic carbocycles. The molecule has 1 rings (SSSR count). The fraction of sp³-hybridized carbons (Fsp3) is 1.00. The number of hydrogen-bond acceptors (Lipinski definition) is 1. The van der Waals surface area contributed by atoms with Crippen molar-refractivity contribution in [2.24, 2.45) is 5.41 Å². The van der Waals surface area contributed by atoms with Crippen molar-refractivity contribution >= 4 is 0 Å². The first-order valence-corrected chi connectivity index (χ1v) is 3.97. The second-order valence-corrected chi connectivity index (χ2v) is 3.49. The van der Waals surface area contributed by atoms with E-state index in [9.17, 15) is 0 Å². The van der Waals surface area contributed by atoms with Gasteiger partial charge >= 0.3 is 0 Å². The Kier molecular flexibility index (Phi) is 2.12. The van der Waals surface area contributed by atoms with Crippen molar-refractivity contribution in [2.45, 2.75) is 33.1 Å². The maximum atomic E-state index is 3.44. The van der Waals surface area contributed by atoms with Crippen LogP contribution in [0.5, 0.6) is 0 Å². The average molecular weight is 129 g/mol. The second kappa shape index (κ2) is 2.70. The highest BCUT2D eigenvalue weighted by atomic mass is 14.9. The van der Waals surface area contributed by atoms with Crippen LogP contribution in [0.25, 0.3) is 0 Å².